The van der Waals surface area contributed by atoms with E-state index in [-0.39, 0.29) is 0 Å². The summed E-state index contributed by atoms with van der Waals surface area (Å²) in [6, 6.07) is 8.49. The Kier molecular flexibility index (Phi) is 6.38. The third-order valence-corrected chi connectivity index (χ3v) is 4.57. The Morgan fingerprint density at radius 1 is 1.25 bits per heavy atom. The molecular weight excluding hydrogens is 246 g/mol. The molecule has 1 N–H and O–H groups in total. The Morgan fingerprint density at radius 3 is 2.70 bits per heavy atom. The zero-order valence-electron chi connectivity index (χ0n) is 13.0. The summed E-state index contributed by atoms with van der Waals surface area (Å²) >= 11 is 0. The van der Waals surface area contributed by atoms with Crippen LogP contribution in [0.25, 0.3) is 0 Å². The highest BCUT2D eigenvalue weighted by Crippen LogP contribution is 2.34. The predicted octanol–water partition coefficient (Wildman–Crippen LogP) is 4.04. The number of nitrogens with one attached hydrogen (secondary N) is 1. The van der Waals surface area contributed by atoms with E-state index in [9.17, 15) is 0 Å². The molecule has 2 rings (SSSR count). The largest absolute Gasteiger partial charge is 0.496 e. The highest BCUT2D eigenvalue weighted by atomic mass is 16.5. The summed E-state index contributed by atoms with van der Waals surface area (Å²) in [5.74, 6) is 2.69. The van der Waals surface area contributed by atoms with Gasteiger partial charge in [0.15, 0.2) is 0 Å². The van der Waals surface area contributed by atoms with E-state index >= 15 is 0 Å². The van der Waals surface area contributed by atoms with E-state index < -0.39 is 0 Å². The molecule has 0 spiro atoms. The number of hydrogen-bond acceptors (Lipinski definition) is 2. The Labute approximate surface area is 123 Å². The van der Waals surface area contributed by atoms with E-state index in [4.69, 9.17) is 4.74 Å². The first-order valence-electron chi connectivity index (χ1n) is 8.17. The van der Waals surface area contributed by atoms with Gasteiger partial charge in [0.25, 0.3) is 0 Å². The number of ether oxygens (including phenoxy) is 1. The summed E-state index contributed by atoms with van der Waals surface area (Å²) in [4.78, 5) is 0. The van der Waals surface area contributed by atoms with E-state index in [1.807, 2.05) is 0 Å². The van der Waals surface area contributed by atoms with Crippen LogP contribution in [0.15, 0.2) is 24.3 Å². The van der Waals surface area contributed by atoms with E-state index in [0.717, 1.165) is 37.1 Å². The van der Waals surface area contributed by atoms with Crippen LogP contribution in [0, 0.1) is 11.8 Å². The summed E-state index contributed by atoms with van der Waals surface area (Å²) in [5.41, 5.74) is 1.37. The van der Waals surface area contributed by atoms with Gasteiger partial charge in [-0.15, -0.1) is 0 Å². The van der Waals surface area contributed by atoms with Crippen LogP contribution < -0.4 is 10.1 Å². The zero-order valence-corrected chi connectivity index (χ0v) is 13.0. The van der Waals surface area contributed by atoms with Gasteiger partial charge in [0.05, 0.1) is 7.11 Å². The minimum Gasteiger partial charge on any atom is -0.496 e. The van der Waals surface area contributed by atoms with Crippen molar-refractivity contribution in [2.24, 2.45) is 11.8 Å². The van der Waals surface area contributed by atoms with Crippen molar-refractivity contribution in [3.8, 4) is 5.75 Å². The first-order valence-corrected chi connectivity index (χ1v) is 8.17. The molecule has 1 unspecified atom stereocenters. The highest BCUT2D eigenvalue weighted by molar-refractivity contribution is 5.33. The van der Waals surface area contributed by atoms with Crippen LogP contribution >= 0.6 is 0 Å². The van der Waals surface area contributed by atoms with Gasteiger partial charge >= 0.3 is 0 Å². The topological polar surface area (TPSA) is 21.3 Å². The number of methoxy groups -OCH3 is 1. The van der Waals surface area contributed by atoms with Gasteiger partial charge in [-0.1, -0.05) is 50.8 Å². The lowest BCUT2D eigenvalue weighted by molar-refractivity contribution is 0.316. The molecule has 2 nitrogen and oxygen atoms in total. The Bertz CT molecular complexity index is 385. The third kappa shape index (κ3) is 4.24. The van der Waals surface area contributed by atoms with Gasteiger partial charge < -0.3 is 10.1 Å². The molecule has 0 radical (unpaired) electrons. The molecule has 0 bridgehead atoms. The second kappa shape index (κ2) is 8.31. The molecule has 0 heterocycles. The molecule has 1 aliphatic carbocycles. The standard InChI is InChI=1S/C18H29NO/c1-3-12-19-14-17(15-8-4-5-9-15)13-16-10-6-7-11-18(16)20-2/h6-7,10-11,15,17,19H,3-5,8-9,12-14H2,1-2H3. The van der Waals surface area contributed by atoms with Crippen LogP contribution in [0.4, 0.5) is 0 Å². The smallest absolute Gasteiger partial charge is 0.122 e. The Morgan fingerprint density at radius 2 is 2.00 bits per heavy atom. The van der Waals surface area contributed by atoms with Gasteiger partial charge in [0.1, 0.15) is 5.75 Å². The predicted molar refractivity (Wildman–Crippen MR) is 85.3 cm³/mol. The fraction of sp³-hybridized carbons (Fsp3) is 0.667. The molecule has 1 saturated carbocycles. The van der Waals surface area contributed by atoms with Gasteiger partial charge in [-0.2, -0.15) is 0 Å². The fourth-order valence-corrected chi connectivity index (χ4v) is 3.45. The van der Waals surface area contributed by atoms with Crippen molar-refractivity contribution in [1.82, 2.24) is 5.32 Å². The molecule has 0 aromatic heterocycles. The molecule has 1 aromatic carbocycles. The summed E-state index contributed by atoms with van der Waals surface area (Å²) in [6.07, 6.45) is 8.01. The molecule has 0 aliphatic heterocycles. The van der Waals surface area contributed by atoms with E-state index in [1.165, 1.54) is 37.7 Å². The van der Waals surface area contributed by atoms with Crippen LogP contribution in [-0.4, -0.2) is 20.2 Å². The first-order chi connectivity index (χ1) is 9.85. The second-order valence-corrected chi connectivity index (χ2v) is 6.02. The molecule has 112 valence electrons. The monoisotopic (exact) mass is 275 g/mol. The third-order valence-electron chi connectivity index (χ3n) is 4.57. The van der Waals surface area contributed by atoms with Gasteiger partial charge in [0.2, 0.25) is 0 Å². The maximum absolute atomic E-state index is 5.51. The van der Waals surface area contributed by atoms with Gasteiger partial charge in [-0.25, -0.2) is 0 Å². The van der Waals surface area contributed by atoms with Crippen molar-refractivity contribution in [1.29, 1.82) is 0 Å². The number of para-hydroxylation sites is 1. The van der Waals surface area contributed by atoms with Crippen LogP contribution in [0.5, 0.6) is 5.75 Å². The van der Waals surface area contributed by atoms with Crippen LogP contribution in [0.2, 0.25) is 0 Å². The lowest BCUT2D eigenvalue weighted by Crippen LogP contribution is -2.29. The van der Waals surface area contributed by atoms with Crippen molar-refractivity contribution in [2.45, 2.75) is 45.4 Å². The second-order valence-electron chi connectivity index (χ2n) is 6.02. The maximum Gasteiger partial charge on any atom is 0.122 e. The van der Waals surface area contributed by atoms with E-state index in [2.05, 4.69) is 36.5 Å². The average molecular weight is 275 g/mol. The molecule has 1 aliphatic rings. The minimum atomic E-state index is 0.750. The number of benzene rings is 1. The summed E-state index contributed by atoms with van der Waals surface area (Å²) in [7, 11) is 1.78. The van der Waals surface area contributed by atoms with E-state index in [0.29, 0.717) is 0 Å². The summed E-state index contributed by atoms with van der Waals surface area (Å²) in [5, 5.41) is 3.63. The minimum absolute atomic E-state index is 0.750. The lowest BCUT2D eigenvalue weighted by atomic mass is 9.85. The lowest BCUT2D eigenvalue weighted by Gasteiger charge is -2.25. The summed E-state index contributed by atoms with van der Waals surface area (Å²) < 4.78 is 5.51. The fourth-order valence-electron chi connectivity index (χ4n) is 3.45. The molecule has 0 amide bonds. The SMILES string of the molecule is CCCNCC(Cc1ccccc1OC)C1CCCC1. The maximum atomic E-state index is 5.51. The number of hydrogen-bond donors (Lipinski definition) is 1. The van der Waals surface area contributed by atoms with Crippen molar-refractivity contribution in [2.75, 3.05) is 20.2 Å². The molecular formula is C18H29NO. The molecule has 1 atom stereocenters. The van der Waals surface area contributed by atoms with Gasteiger partial charge in [-0.3, -0.25) is 0 Å². The summed E-state index contributed by atoms with van der Waals surface area (Å²) in [6.45, 7) is 4.52. The van der Waals surface area contributed by atoms with Crippen molar-refractivity contribution in [3.63, 3.8) is 0 Å². The van der Waals surface area contributed by atoms with Crippen LogP contribution in [-0.2, 0) is 6.42 Å². The molecule has 0 saturated heterocycles. The van der Waals surface area contributed by atoms with Crippen molar-refractivity contribution in [3.05, 3.63) is 29.8 Å². The van der Waals surface area contributed by atoms with Crippen molar-refractivity contribution >= 4 is 0 Å². The van der Waals surface area contributed by atoms with Gasteiger partial charge in [-0.05, 0) is 49.4 Å². The molecule has 1 aromatic rings. The average Bonchev–Trinajstić information content (AvgIpc) is 3.01. The first kappa shape index (κ1) is 15.4. The molecule has 2 heteroatoms. The molecule has 1 fully saturated rings. The number of rotatable bonds is 8. The molecule has 20 heavy (non-hydrogen) atoms. The van der Waals surface area contributed by atoms with E-state index in [1.54, 1.807) is 7.11 Å². The zero-order chi connectivity index (χ0) is 14.2. The Balaban J connectivity index is 2.01. The highest BCUT2D eigenvalue weighted by Gasteiger charge is 2.25. The van der Waals surface area contributed by atoms with Crippen molar-refractivity contribution < 1.29 is 4.74 Å². The normalized spacial score (nSPS) is 17.3. The van der Waals surface area contributed by atoms with Crippen LogP contribution in [0.1, 0.15) is 44.6 Å². The van der Waals surface area contributed by atoms with Gasteiger partial charge in [0, 0.05) is 0 Å². The quantitative estimate of drug-likeness (QED) is 0.723. The Hall–Kier alpha value is -1.02. The van der Waals surface area contributed by atoms with Crippen LogP contribution in [0.3, 0.4) is 0 Å².